The number of rotatable bonds is 14. The number of benzene rings is 2. The number of aryl methyl sites for hydroxylation is 2. The number of hydrogen-bond acceptors (Lipinski definition) is 10. The monoisotopic (exact) mass is 726 g/mol. The summed E-state index contributed by atoms with van der Waals surface area (Å²) in [7, 11) is 0. The van der Waals surface area contributed by atoms with Crippen LogP contribution in [-0.2, 0) is 36.7 Å². The van der Waals surface area contributed by atoms with Gasteiger partial charge in [-0.05, 0) is 98.2 Å². The molecular weight excluding hydrogens is 684 g/mol. The molecule has 0 aliphatic carbocycles. The number of esters is 2. The topological polar surface area (TPSA) is 161 Å². The Hall–Kier alpha value is -6.30. The number of carbonyl (C=O) groups excluding carboxylic acids is 4. The number of nitrogens with one attached hydrogen (secondary N) is 2. The number of carbonyl (C=O) groups is 4. The second-order valence-electron chi connectivity index (χ2n) is 13.2. The number of nitrogens with zero attached hydrogens (tertiary/aromatic N) is 4. The highest BCUT2D eigenvalue weighted by Crippen LogP contribution is 2.40. The molecule has 2 unspecified atom stereocenters. The molecule has 0 radical (unpaired) electrons. The Morgan fingerprint density at radius 1 is 0.815 bits per heavy atom. The molecule has 2 aliphatic rings. The quantitative estimate of drug-likeness (QED) is 0.116. The van der Waals surface area contributed by atoms with Crippen LogP contribution in [0.1, 0.15) is 78.1 Å². The van der Waals surface area contributed by atoms with Crippen LogP contribution in [0.5, 0.6) is 0 Å². The standard InChI is InChI=1S/C42H42N6O6/c1-27-37(41(51)53-23-5-9-29-7-3-21-43-25-29)39(38(28(2)45-27)42(52)54-24-6-10-30-8-4-22-44-26-30)32-11-13-33(14-12-32)40(50)46-34-17-15-31(16-18-34)35-19-20-36(49)48-47-35/h3-4,7-8,11-18,21-22,25-26,37,39H,5-6,9-10,19-20,23-24H2,1-2H3,(H,46,50)(H,48,49). The van der Waals surface area contributed by atoms with Crippen molar-refractivity contribution in [1.29, 1.82) is 0 Å². The minimum Gasteiger partial charge on any atom is -0.465 e. The van der Waals surface area contributed by atoms with Gasteiger partial charge in [0.1, 0.15) is 5.92 Å². The van der Waals surface area contributed by atoms with Crippen molar-refractivity contribution in [3.63, 3.8) is 0 Å². The highest BCUT2D eigenvalue weighted by atomic mass is 16.5. The van der Waals surface area contributed by atoms with Gasteiger partial charge in [0, 0.05) is 66.2 Å². The fourth-order valence-corrected chi connectivity index (χ4v) is 6.59. The molecule has 12 nitrogen and oxygen atoms in total. The molecule has 0 saturated carbocycles. The van der Waals surface area contributed by atoms with Crippen LogP contribution in [0.2, 0.25) is 0 Å². The van der Waals surface area contributed by atoms with Crippen LogP contribution in [0.4, 0.5) is 5.69 Å². The number of ether oxygens (including phenoxy) is 2. The minimum atomic E-state index is -0.884. The maximum Gasteiger partial charge on any atom is 0.336 e. The molecule has 0 spiro atoms. The number of aromatic nitrogens is 2. The van der Waals surface area contributed by atoms with Gasteiger partial charge >= 0.3 is 11.9 Å². The lowest BCUT2D eigenvalue weighted by Gasteiger charge is -2.31. The van der Waals surface area contributed by atoms with E-state index in [2.05, 4.69) is 30.8 Å². The van der Waals surface area contributed by atoms with Gasteiger partial charge in [-0.2, -0.15) is 5.10 Å². The smallest absolute Gasteiger partial charge is 0.336 e. The lowest BCUT2D eigenvalue weighted by molar-refractivity contribution is -0.147. The van der Waals surface area contributed by atoms with Crippen molar-refractivity contribution in [3.8, 4) is 0 Å². The van der Waals surface area contributed by atoms with Crippen molar-refractivity contribution < 1.29 is 28.7 Å². The highest BCUT2D eigenvalue weighted by molar-refractivity contribution is 6.08. The van der Waals surface area contributed by atoms with Gasteiger partial charge in [-0.3, -0.25) is 29.3 Å². The van der Waals surface area contributed by atoms with Gasteiger partial charge in [0.2, 0.25) is 5.91 Å². The summed E-state index contributed by atoms with van der Waals surface area (Å²) < 4.78 is 11.6. The highest BCUT2D eigenvalue weighted by Gasteiger charge is 2.42. The first-order valence-corrected chi connectivity index (χ1v) is 18.0. The molecule has 2 atom stereocenters. The van der Waals surface area contributed by atoms with Crippen molar-refractivity contribution in [3.05, 3.63) is 137 Å². The second kappa shape index (κ2) is 18.0. The molecule has 2 amide bonds. The summed E-state index contributed by atoms with van der Waals surface area (Å²) in [5.41, 5.74) is 9.09. The summed E-state index contributed by atoms with van der Waals surface area (Å²) in [4.78, 5) is 65.3. The van der Waals surface area contributed by atoms with Crippen LogP contribution in [-0.4, -0.2) is 58.4 Å². The van der Waals surface area contributed by atoms with Gasteiger partial charge in [0.05, 0.1) is 24.5 Å². The van der Waals surface area contributed by atoms with E-state index in [0.717, 1.165) is 22.4 Å². The molecule has 6 rings (SSSR count). The lowest BCUT2D eigenvalue weighted by Crippen LogP contribution is -2.36. The summed E-state index contributed by atoms with van der Waals surface area (Å²) >= 11 is 0. The van der Waals surface area contributed by atoms with Gasteiger partial charge in [-0.15, -0.1) is 0 Å². The third kappa shape index (κ3) is 9.57. The Labute approximate surface area is 313 Å². The predicted molar refractivity (Wildman–Crippen MR) is 204 cm³/mol. The fraction of sp³-hybridized carbons (Fsp3) is 0.286. The molecule has 4 heterocycles. The van der Waals surface area contributed by atoms with Gasteiger partial charge in [-0.25, -0.2) is 10.2 Å². The van der Waals surface area contributed by atoms with Crippen LogP contribution < -0.4 is 10.7 Å². The fourth-order valence-electron chi connectivity index (χ4n) is 6.59. The summed E-state index contributed by atoms with van der Waals surface area (Å²) in [5.74, 6) is -3.13. The van der Waals surface area contributed by atoms with Crippen LogP contribution in [0.15, 0.2) is 119 Å². The van der Waals surface area contributed by atoms with Crippen molar-refractivity contribution in [1.82, 2.24) is 15.4 Å². The van der Waals surface area contributed by atoms with Crippen LogP contribution in [0.25, 0.3) is 0 Å². The van der Waals surface area contributed by atoms with Crippen molar-refractivity contribution >= 4 is 40.9 Å². The van der Waals surface area contributed by atoms with E-state index in [1.54, 1.807) is 75.0 Å². The summed E-state index contributed by atoms with van der Waals surface area (Å²) in [6.45, 7) is 3.86. The van der Waals surface area contributed by atoms with E-state index in [1.807, 2.05) is 36.4 Å². The van der Waals surface area contributed by atoms with E-state index in [1.165, 1.54) is 0 Å². The molecule has 2 aromatic heterocycles. The molecule has 0 fully saturated rings. The molecule has 4 aromatic rings. The average Bonchev–Trinajstić information content (AvgIpc) is 3.19. The molecule has 0 saturated heterocycles. The zero-order chi connectivity index (χ0) is 37.9. The van der Waals surface area contributed by atoms with Gasteiger partial charge in [0.25, 0.3) is 5.91 Å². The predicted octanol–water partition coefficient (Wildman–Crippen LogP) is 6.14. The summed E-state index contributed by atoms with van der Waals surface area (Å²) in [6, 6.07) is 21.8. The van der Waals surface area contributed by atoms with Crippen LogP contribution >= 0.6 is 0 Å². The van der Waals surface area contributed by atoms with E-state index in [0.29, 0.717) is 66.7 Å². The minimum absolute atomic E-state index is 0.113. The largest absolute Gasteiger partial charge is 0.465 e. The molecule has 2 aliphatic heterocycles. The van der Waals surface area contributed by atoms with E-state index >= 15 is 0 Å². The maximum absolute atomic E-state index is 13.8. The molecule has 276 valence electrons. The Balaban J connectivity index is 1.17. The van der Waals surface area contributed by atoms with Crippen molar-refractivity contribution in [2.75, 3.05) is 18.5 Å². The Morgan fingerprint density at radius 3 is 2.06 bits per heavy atom. The molecule has 12 heteroatoms. The zero-order valence-electron chi connectivity index (χ0n) is 30.3. The first-order chi connectivity index (χ1) is 26.3. The zero-order valence-corrected chi connectivity index (χ0v) is 30.3. The lowest BCUT2D eigenvalue weighted by atomic mass is 9.75. The molecular formula is C42H42N6O6. The third-order valence-corrected chi connectivity index (χ3v) is 9.36. The Morgan fingerprint density at radius 2 is 1.46 bits per heavy atom. The maximum atomic E-state index is 13.8. The SMILES string of the molecule is CC1=NC(C)=C(C(=O)OCCCc2cccnc2)C(c2ccc(C(=O)Nc3ccc(C4=NNC(=O)CC4)cc3)cc2)C1C(=O)OCCCc1cccnc1. The van der Waals surface area contributed by atoms with E-state index in [4.69, 9.17) is 9.47 Å². The number of anilines is 1. The molecule has 0 bridgehead atoms. The van der Waals surface area contributed by atoms with Gasteiger partial charge in [-0.1, -0.05) is 36.4 Å². The first kappa shape index (κ1) is 37.5. The first-order valence-electron chi connectivity index (χ1n) is 18.0. The normalized spacial score (nSPS) is 16.8. The number of aliphatic imine (C=N–C) groups is 1. The average molecular weight is 727 g/mol. The summed E-state index contributed by atoms with van der Waals surface area (Å²) in [5, 5.41) is 7.03. The van der Waals surface area contributed by atoms with E-state index in [-0.39, 0.29) is 30.6 Å². The number of hydrazone groups is 1. The Bertz CT molecular complexity index is 2060. The number of hydrogen-bond donors (Lipinski definition) is 2. The van der Waals surface area contributed by atoms with Crippen molar-refractivity contribution in [2.24, 2.45) is 16.0 Å². The second-order valence-corrected chi connectivity index (χ2v) is 13.2. The number of amides is 2. The van der Waals surface area contributed by atoms with Gasteiger partial charge < -0.3 is 14.8 Å². The number of pyridine rings is 2. The molecule has 2 aromatic carbocycles. The van der Waals surface area contributed by atoms with Crippen LogP contribution in [0, 0.1) is 5.92 Å². The molecule has 2 N–H and O–H groups in total. The van der Waals surface area contributed by atoms with E-state index < -0.39 is 23.8 Å². The number of allylic oxidation sites excluding steroid dienone is 1. The van der Waals surface area contributed by atoms with E-state index in [9.17, 15) is 19.2 Å². The van der Waals surface area contributed by atoms with Crippen molar-refractivity contribution in [2.45, 2.75) is 58.3 Å². The third-order valence-electron chi connectivity index (χ3n) is 9.36. The molecule has 54 heavy (non-hydrogen) atoms. The summed E-state index contributed by atoms with van der Waals surface area (Å²) in [6.07, 6.45) is 10.5. The Kier molecular flexibility index (Phi) is 12.5. The van der Waals surface area contributed by atoms with Gasteiger partial charge in [0.15, 0.2) is 0 Å². The van der Waals surface area contributed by atoms with Crippen LogP contribution in [0.3, 0.4) is 0 Å².